The number of rotatable bonds is 4. The largest absolute Gasteiger partial charge is 0.379 e. The van der Waals surface area contributed by atoms with Crippen molar-refractivity contribution in [2.75, 3.05) is 11.4 Å². The predicted molar refractivity (Wildman–Crippen MR) is 90.1 cm³/mol. The van der Waals surface area contributed by atoms with Gasteiger partial charge in [0.1, 0.15) is 15.8 Å². The molecule has 1 aliphatic heterocycles. The number of carbonyl (C=O) groups excluding carboxylic acids is 1. The van der Waals surface area contributed by atoms with Crippen LogP contribution in [0.15, 0.2) is 41.3 Å². The molecule has 24 heavy (non-hydrogen) atoms. The standard InChI is InChI=1S/C15H12Cl2N2O4S/c16-13-8-7-12(15(17)18-13)24(21,22)23-11-5-3-10(4-6-11)19-9-1-2-14(19)20/h3-8H,1-2,9H2. The zero-order valence-electron chi connectivity index (χ0n) is 12.3. The molecule has 1 fully saturated rings. The SMILES string of the molecule is O=C1CCCN1c1ccc(OS(=O)(=O)c2ccc(Cl)nc2Cl)cc1. The van der Waals surface area contributed by atoms with E-state index in [2.05, 4.69) is 4.98 Å². The Labute approximate surface area is 149 Å². The maximum absolute atomic E-state index is 12.3. The lowest BCUT2D eigenvalue weighted by Crippen LogP contribution is -2.23. The van der Waals surface area contributed by atoms with Crippen molar-refractivity contribution in [3.63, 3.8) is 0 Å². The first-order valence-electron chi connectivity index (χ1n) is 7.04. The van der Waals surface area contributed by atoms with Gasteiger partial charge in [0.25, 0.3) is 0 Å². The molecule has 1 amide bonds. The van der Waals surface area contributed by atoms with E-state index in [0.717, 1.165) is 6.42 Å². The van der Waals surface area contributed by atoms with Crippen LogP contribution in [0.5, 0.6) is 5.75 Å². The third-order valence-electron chi connectivity index (χ3n) is 3.48. The molecule has 1 aromatic heterocycles. The summed E-state index contributed by atoms with van der Waals surface area (Å²) in [7, 11) is -4.14. The smallest absolute Gasteiger partial charge is 0.342 e. The van der Waals surface area contributed by atoms with E-state index in [4.69, 9.17) is 27.4 Å². The number of carbonyl (C=O) groups is 1. The van der Waals surface area contributed by atoms with Crippen molar-refractivity contribution in [1.29, 1.82) is 0 Å². The molecule has 0 aliphatic carbocycles. The highest BCUT2D eigenvalue weighted by Gasteiger charge is 2.23. The number of benzene rings is 1. The molecule has 3 rings (SSSR count). The summed E-state index contributed by atoms with van der Waals surface area (Å²) in [5.74, 6) is 0.159. The third kappa shape index (κ3) is 3.48. The maximum atomic E-state index is 12.3. The fraction of sp³-hybridized carbons (Fsp3) is 0.200. The van der Waals surface area contributed by atoms with E-state index in [1.54, 1.807) is 17.0 Å². The first-order valence-corrected chi connectivity index (χ1v) is 9.20. The normalized spacial score (nSPS) is 14.9. The highest BCUT2D eigenvalue weighted by Crippen LogP contribution is 2.27. The second-order valence-corrected chi connectivity index (χ2v) is 7.36. The summed E-state index contributed by atoms with van der Waals surface area (Å²) in [5.41, 5.74) is 0.702. The van der Waals surface area contributed by atoms with Crippen LogP contribution < -0.4 is 9.08 Å². The molecule has 0 atom stereocenters. The number of nitrogens with zero attached hydrogens (tertiary/aromatic N) is 2. The van der Waals surface area contributed by atoms with Gasteiger partial charge >= 0.3 is 10.1 Å². The van der Waals surface area contributed by atoms with Crippen molar-refractivity contribution in [2.45, 2.75) is 17.7 Å². The summed E-state index contributed by atoms with van der Waals surface area (Å²) in [4.78, 5) is 16.8. The molecule has 2 aromatic rings. The quantitative estimate of drug-likeness (QED) is 0.595. The number of hydrogen-bond acceptors (Lipinski definition) is 5. The van der Waals surface area contributed by atoms with Crippen LogP contribution in [-0.4, -0.2) is 25.9 Å². The van der Waals surface area contributed by atoms with E-state index in [1.807, 2.05) is 0 Å². The molecule has 0 unspecified atom stereocenters. The predicted octanol–water partition coefficient (Wildman–Crippen LogP) is 3.28. The summed E-state index contributed by atoms with van der Waals surface area (Å²) in [6.45, 7) is 0.656. The summed E-state index contributed by atoms with van der Waals surface area (Å²) < 4.78 is 29.6. The minimum atomic E-state index is -4.14. The molecule has 2 heterocycles. The Balaban J connectivity index is 1.81. The Morgan fingerprint density at radius 3 is 2.38 bits per heavy atom. The molecule has 9 heteroatoms. The highest BCUT2D eigenvalue weighted by molar-refractivity contribution is 7.87. The Morgan fingerprint density at radius 2 is 1.79 bits per heavy atom. The number of aromatic nitrogens is 1. The lowest BCUT2D eigenvalue weighted by Gasteiger charge is -2.16. The van der Waals surface area contributed by atoms with Crippen LogP contribution >= 0.6 is 23.2 Å². The fourth-order valence-corrected chi connectivity index (χ4v) is 3.93. The Hall–Kier alpha value is -1.83. The maximum Gasteiger partial charge on any atom is 0.342 e. The fourth-order valence-electron chi connectivity index (χ4n) is 2.36. The van der Waals surface area contributed by atoms with Crippen LogP contribution in [-0.2, 0) is 14.9 Å². The van der Waals surface area contributed by atoms with Crippen molar-refractivity contribution >= 4 is 44.9 Å². The van der Waals surface area contributed by atoms with E-state index in [0.29, 0.717) is 18.7 Å². The van der Waals surface area contributed by atoms with Gasteiger partial charge in [-0.05, 0) is 42.8 Å². The van der Waals surface area contributed by atoms with E-state index in [9.17, 15) is 13.2 Å². The van der Waals surface area contributed by atoms with Crippen molar-refractivity contribution in [3.05, 3.63) is 46.7 Å². The van der Waals surface area contributed by atoms with Gasteiger partial charge in [0.05, 0.1) is 0 Å². The zero-order chi connectivity index (χ0) is 17.3. The topological polar surface area (TPSA) is 76.6 Å². The molecule has 6 nitrogen and oxygen atoms in total. The van der Waals surface area contributed by atoms with Crippen molar-refractivity contribution < 1.29 is 17.4 Å². The minimum absolute atomic E-state index is 0.0512. The van der Waals surface area contributed by atoms with E-state index >= 15 is 0 Å². The van der Waals surface area contributed by atoms with Gasteiger partial charge in [-0.15, -0.1) is 0 Å². The molecule has 0 spiro atoms. The van der Waals surface area contributed by atoms with Crippen molar-refractivity contribution in [2.24, 2.45) is 0 Å². The summed E-state index contributed by atoms with van der Waals surface area (Å²) in [6, 6.07) is 8.77. The van der Waals surface area contributed by atoms with Crippen LogP contribution in [0.3, 0.4) is 0 Å². The summed E-state index contributed by atoms with van der Waals surface area (Å²) in [6.07, 6.45) is 1.34. The number of anilines is 1. The second-order valence-electron chi connectivity index (χ2n) is 5.10. The van der Waals surface area contributed by atoms with E-state index in [-0.39, 0.29) is 26.9 Å². The van der Waals surface area contributed by atoms with Crippen LogP contribution in [0.1, 0.15) is 12.8 Å². The lowest BCUT2D eigenvalue weighted by molar-refractivity contribution is -0.117. The minimum Gasteiger partial charge on any atom is -0.379 e. The molecule has 1 aliphatic rings. The molecule has 0 bridgehead atoms. The van der Waals surface area contributed by atoms with Crippen molar-refractivity contribution in [1.82, 2.24) is 4.98 Å². The van der Waals surface area contributed by atoms with Gasteiger partial charge in [-0.1, -0.05) is 23.2 Å². The van der Waals surface area contributed by atoms with E-state index < -0.39 is 10.1 Å². The molecular weight excluding hydrogens is 375 g/mol. The van der Waals surface area contributed by atoms with Crippen LogP contribution in [0.25, 0.3) is 0 Å². The molecule has 0 saturated carbocycles. The monoisotopic (exact) mass is 386 g/mol. The molecule has 1 saturated heterocycles. The Kier molecular flexibility index (Phi) is 4.67. The van der Waals surface area contributed by atoms with Gasteiger partial charge in [0.2, 0.25) is 5.91 Å². The average molecular weight is 387 g/mol. The van der Waals surface area contributed by atoms with Crippen molar-refractivity contribution in [3.8, 4) is 5.75 Å². The number of halogens is 2. The number of hydrogen-bond donors (Lipinski definition) is 0. The first kappa shape index (κ1) is 17.0. The highest BCUT2D eigenvalue weighted by atomic mass is 35.5. The van der Waals surface area contributed by atoms with Crippen LogP contribution in [0.4, 0.5) is 5.69 Å². The lowest BCUT2D eigenvalue weighted by atomic mass is 10.3. The number of amides is 1. The van der Waals surface area contributed by atoms with E-state index in [1.165, 1.54) is 24.3 Å². The summed E-state index contributed by atoms with van der Waals surface area (Å²) in [5, 5.41) is -0.180. The zero-order valence-corrected chi connectivity index (χ0v) is 14.6. The first-order chi connectivity index (χ1) is 11.4. The molecule has 1 aromatic carbocycles. The van der Waals surface area contributed by atoms with Gasteiger partial charge in [-0.25, -0.2) is 4.98 Å². The van der Waals surface area contributed by atoms with Crippen LogP contribution in [0, 0.1) is 0 Å². The Morgan fingerprint density at radius 1 is 1.08 bits per heavy atom. The number of pyridine rings is 1. The van der Waals surface area contributed by atoms with Gasteiger partial charge < -0.3 is 9.08 Å². The Bertz CT molecular complexity index is 885. The van der Waals surface area contributed by atoms with Gasteiger partial charge in [0, 0.05) is 18.7 Å². The van der Waals surface area contributed by atoms with Gasteiger partial charge in [0.15, 0.2) is 5.15 Å². The van der Waals surface area contributed by atoms with Crippen LogP contribution in [0.2, 0.25) is 10.3 Å². The molecular formula is C15H12Cl2N2O4S. The molecule has 0 radical (unpaired) electrons. The van der Waals surface area contributed by atoms with Gasteiger partial charge in [-0.3, -0.25) is 4.79 Å². The molecule has 0 N–H and O–H groups in total. The second kappa shape index (κ2) is 6.58. The van der Waals surface area contributed by atoms with Gasteiger partial charge in [-0.2, -0.15) is 8.42 Å². The average Bonchev–Trinajstić information content (AvgIpc) is 2.93. The molecule has 126 valence electrons. The third-order valence-corrected chi connectivity index (χ3v) is 5.37. The summed E-state index contributed by atoms with van der Waals surface area (Å²) >= 11 is 11.5.